The van der Waals surface area contributed by atoms with Crippen molar-refractivity contribution in [3.8, 4) is 0 Å². The van der Waals surface area contributed by atoms with Gasteiger partial charge in [-0.15, -0.1) is 13.2 Å². The number of unbranched alkanes of at least 4 members (excludes halogenated alkanes) is 8. The van der Waals surface area contributed by atoms with E-state index in [0.29, 0.717) is 11.8 Å². The van der Waals surface area contributed by atoms with Gasteiger partial charge in [0.15, 0.2) is 0 Å². The van der Waals surface area contributed by atoms with Gasteiger partial charge in [0.05, 0.1) is 5.97 Å². The topological polar surface area (TPSA) is 43.4 Å². The molecule has 0 fully saturated rings. The van der Waals surface area contributed by atoms with E-state index in [1.165, 1.54) is 64.2 Å². The number of carboxylic acid groups (broad SMARTS) is 1. The van der Waals surface area contributed by atoms with E-state index in [0.717, 1.165) is 38.8 Å². The van der Waals surface area contributed by atoms with Crippen molar-refractivity contribution in [3.63, 3.8) is 0 Å². The second-order valence-electron chi connectivity index (χ2n) is 8.68. The molecule has 0 bridgehead atoms. The van der Waals surface area contributed by atoms with Crippen LogP contribution in [-0.4, -0.2) is 30.5 Å². The quantitative estimate of drug-likeness (QED) is 0.146. The van der Waals surface area contributed by atoms with Crippen molar-refractivity contribution in [1.82, 2.24) is 4.90 Å². The van der Waals surface area contributed by atoms with Gasteiger partial charge in [0.25, 0.3) is 0 Å². The van der Waals surface area contributed by atoms with Crippen LogP contribution in [0.1, 0.15) is 104 Å². The van der Waals surface area contributed by atoms with E-state index in [2.05, 4.69) is 31.9 Å². The van der Waals surface area contributed by atoms with Crippen LogP contribution in [0.3, 0.4) is 0 Å². The molecule has 30 heavy (non-hydrogen) atoms. The molecule has 0 amide bonds. The van der Waals surface area contributed by atoms with Crippen LogP contribution in [0.15, 0.2) is 25.3 Å². The van der Waals surface area contributed by atoms with Crippen LogP contribution in [0.2, 0.25) is 0 Å². The zero-order valence-corrected chi connectivity index (χ0v) is 23.6. The third kappa shape index (κ3) is 20.4. The molecular weight excluding hydrogens is 397 g/mol. The van der Waals surface area contributed by atoms with E-state index in [-0.39, 0.29) is 57.9 Å². The smallest absolute Gasteiger partial charge is 0.549 e. The summed E-state index contributed by atoms with van der Waals surface area (Å²) in [7, 11) is 0. The number of rotatable bonds is 22. The first-order valence-corrected chi connectivity index (χ1v) is 12.2. The first kappa shape index (κ1) is 32.7. The van der Waals surface area contributed by atoms with Gasteiger partial charge in [-0.2, -0.15) is 0 Å². The van der Waals surface area contributed by atoms with E-state index in [1.807, 2.05) is 12.2 Å². The van der Waals surface area contributed by atoms with E-state index < -0.39 is 5.97 Å². The summed E-state index contributed by atoms with van der Waals surface area (Å²) in [5, 5.41) is 11.3. The Bertz CT molecular complexity index is 384. The SMILES string of the molecule is C=CCCCCCCC(CC)CN(CC(=O)[O-])CC(CC)CCCCCCC=C.[K+]. The van der Waals surface area contributed by atoms with Crippen molar-refractivity contribution in [2.45, 2.75) is 104 Å². The van der Waals surface area contributed by atoms with Gasteiger partial charge in [-0.3, -0.25) is 4.90 Å². The van der Waals surface area contributed by atoms with Gasteiger partial charge in [0, 0.05) is 19.6 Å². The van der Waals surface area contributed by atoms with E-state index >= 15 is 0 Å². The first-order valence-electron chi connectivity index (χ1n) is 12.2. The molecule has 0 aliphatic rings. The summed E-state index contributed by atoms with van der Waals surface area (Å²) in [6.45, 7) is 13.9. The third-order valence-electron chi connectivity index (χ3n) is 6.08. The van der Waals surface area contributed by atoms with Crippen LogP contribution in [0.4, 0.5) is 0 Å². The summed E-state index contributed by atoms with van der Waals surface area (Å²) >= 11 is 0. The molecule has 2 unspecified atom stereocenters. The third-order valence-corrected chi connectivity index (χ3v) is 6.08. The fourth-order valence-corrected chi connectivity index (χ4v) is 4.12. The minimum absolute atomic E-state index is 0. The predicted molar refractivity (Wildman–Crippen MR) is 125 cm³/mol. The molecule has 0 spiro atoms. The zero-order valence-electron chi connectivity index (χ0n) is 20.5. The first-order chi connectivity index (χ1) is 14.1. The van der Waals surface area contributed by atoms with Crippen LogP contribution in [0.25, 0.3) is 0 Å². The van der Waals surface area contributed by atoms with Crippen molar-refractivity contribution >= 4 is 5.97 Å². The van der Waals surface area contributed by atoms with Crippen molar-refractivity contribution in [1.29, 1.82) is 0 Å². The number of hydrogen-bond donors (Lipinski definition) is 0. The minimum Gasteiger partial charge on any atom is -0.549 e. The molecule has 4 heteroatoms. The molecule has 0 aliphatic heterocycles. The number of nitrogens with zero attached hydrogens (tertiary/aromatic N) is 1. The molecule has 0 heterocycles. The Morgan fingerprint density at radius 3 is 1.53 bits per heavy atom. The summed E-state index contributed by atoms with van der Waals surface area (Å²) in [4.78, 5) is 13.5. The Morgan fingerprint density at radius 1 is 0.800 bits per heavy atom. The maximum absolute atomic E-state index is 11.3. The Morgan fingerprint density at radius 2 is 1.20 bits per heavy atom. The molecule has 0 aromatic heterocycles. The van der Waals surface area contributed by atoms with Gasteiger partial charge < -0.3 is 9.90 Å². The molecule has 0 rings (SSSR count). The van der Waals surface area contributed by atoms with Gasteiger partial charge in [-0.25, -0.2) is 0 Å². The second-order valence-corrected chi connectivity index (χ2v) is 8.68. The standard InChI is InChI=1S/C26H49NO2.K/c1-5-9-11-13-15-17-19-24(7-3)21-27(23-26(28)29)22-25(8-4)20-18-16-14-12-10-6-2;/h5-6,24-25H,1-2,7-23H2,3-4H3,(H,28,29);/q;+1/p-1. The number of aliphatic carboxylic acids is 1. The number of hydrogen-bond acceptors (Lipinski definition) is 3. The monoisotopic (exact) mass is 445 g/mol. The molecule has 0 aromatic rings. The number of carbonyl (C=O) groups is 1. The molecule has 170 valence electrons. The normalized spacial score (nSPS) is 12.9. The summed E-state index contributed by atoms with van der Waals surface area (Å²) in [5.41, 5.74) is 0. The minimum atomic E-state index is -0.941. The largest absolute Gasteiger partial charge is 1.00 e. The van der Waals surface area contributed by atoms with Crippen molar-refractivity contribution in [3.05, 3.63) is 25.3 Å². The molecular formula is C26H48KNO2. The summed E-state index contributed by atoms with van der Waals surface area (Å²) in [5.74, 6) is 0.235. The van der Waals surface area contributed by atoms with Gasteiger partial charge in [0.1, 0.15) is 0 Å². The number of allylic oxidation sites excluding steroid dienone is 2. The molecule has 0 saturated carbocycles. The van der Waals surface area contributed by atoms with E-state index in [4.69, 9.17) is 0 Å². The molecule has 0 radical (unpaired) electrons. The summed E-state index contributed by atoms with van der Waals surface area (Å²) in [6, 6.07) is 0. The zero-order chi connectivity index (χ0) is 21.7. The van der Waals surface area contributed by atoms with Crippen LogP contribution >= 0.6 is 0 Å². The average Bonchev–Trinajstić information content (AvgIpc) is 2.70. The van der Waals surface area contributed by atoms with Crippen molar-refractivity contribution in [2.75, 3.05) is 19.6 Å². The van der Waals surface area contributed by atoms with Crippen LogP contribution in [0.5, 0.6) is 0 Å². The van der Waals surface area contributed by atoms with Gasteiger partial charge in [-0.05, 0) is 50.4 Å². The Labute approximate surface area is 230 Å². The van der Waals surface area contributed by atoms with Crippen LogP contribution in [0, 0.1) is 11.8 Å². The maximum Gasteiger partial charge on any atom is 1.00 e. The predicted octanol–water partition coefficient (Wildman–Crippen LogP) is 3.15. The Balaban J connectivity index is 0. The molecule has 0 saturated heterocycles. The summed E-state index contributed by atoms with van der Waals surface area (Å²) < 4.78 is 0. The molecule has 0 aromatic carbocycles. The Kier molecular flexibility index (Phi) is 26.4. The Hall–Kier alpha value is 0.546. The fourth-order valence-electron chi connectivity index (χ4n) is 4.12. The van der Waals surface area contributed by atoms with Gasteiger partial charge >= 0.3 is 51.4 Å². The van der Waals surface area contributed by atoms with E-state index in [1.54, 1.807) is 0 Å². The molecule has 0 aliphatic carbocycles. The van der Waals surface area contributed by atoms with Crippen LogP contribution < -0.4 is 56.5 Å². The maximum atomic E-state index is 11.3. The summed E-state index contributed by atoms with van der Waals surface area (Å²) in [6.07, 6.45) is 20.9. The molecule has 3 nitrogen and oxygen atoms in total. The second kappa shape index (κ2) is 24.2. The van der Waals surface area contributed by atoms with E-state index in [9.17, 15) is 9.90 Å². The average molecular weight is 446 g/mol. The molecule has 2 atom stereocenters. The number of carbonyl (C=O) groups excluding carboxylic acids is 1. The molecule has 0 N–H and O–H groups in total. The fraction of sp³-hybridized carbons (Fsp3) is 0.808. The van der Waals surface area contributed by atoms with Gasteiger partial charge in [-0.1, -0.05) is 77.4 Å². The van der Waals surface area contributed by atoms with Crippen LogP contribution in [-0.2, 0) is 4.79 Å². The van der Waals surface area contributed by atoms with Gasteiger partial charge in [0.2, 0.25) is 0 Å². The van der Waals surface area contributed by atoms with Crippen molar-refractivity contribution in [2.24, 2.45) is 11.8 Å². The number of carboxylic acids is 1. The van der Waals surface area contributed by atoms with Crippen molar-refractivity contribution < 1.29 is 61.3 Å².